The van der Waals surface area contributed by atoms with Gasteiger partial charge in [0.1, 0.15) is 17.1 Å². The summed E-state index contributed by atoms with van der Waals surface area (Å²) in [4.78, 5) is 24.9. The molecule has 0 unspecified atom stereocenters. The van der Waals surface area contributed by atoms with Crippen molar-refractivity contribution in [2.45, 2.75) is 13.0 Å². The van der Waals surface area contributed by atoms with E-state index in [9.17, 15) is 18.0 Å². The molecule has 0 aliphatic carbocycles. The summed E-state index contributed by atoms with van der Waals surface area (Å²) >= 11 is 0. The number of sulfonamides is 1. The van der Waals surface area contributed by atoms with Crippen LogP contribution in [0.4, 0.5) is 5.69 Å². The number of anilines is 1. The van der Waals surface area contributed by atoms with Gasteiger partial charge in [0.05, 0.1) is 20.5 Å². The summed E-state index contributed by atoms with van der Waals surface area (Å²) in [6.07, 6.45) is -0.0193. The lowest BCUT2D eigenvalue weighted by atomic mass is 10.1. The number of rotatable bonds is 8. The monoisotopic (exact) mass is 407 g/mol. The summed E-state index contributed by atoms with van der Waals surface area (Å²) in [5.41, 5.74) is 0.767. The van der Waals surface area contributed by atoms with Gasteiger partial charge in [-0.25, -0.2) is 13.2 Å². The number of Topliss-reactive ketones (excluding diaryl/α,β-unsaturated/α-hetero) is 1. The average molecular weight is 407 g/mol. The zero-order chi connectivity index (χ0) is 20.9. The van der Waals surface area contributed by atoms with Gasteiger partial charge in [-0.2, -0.15) is 0 Å². The summed E-state index contributed by atoms with van der Waals surface area (Å²) in [6, 6.07) is 10.4. The number of carbonyl (C=O) groups is 2. The predicted molar refractivity (Wildman–Crippen MR) is 104 cm³/mol. The van der Waals surface area contributed by atoms with E-state index in [0.29, 0.717) is 11.4 Å². The molecule has 1 N–H and O–H groups in total. The summed E-state index contributed by atoms with van der Waals surface area (Å²) < 4.78 is 40.3. The highest BCUT2D eigenvalue weighted by Gasteiger charge is 2.23. The van der Waals surface area contributed by atoms with Crippen LogP contribution in [0.5, 0.6) is 11.5 Å². The average Bonchev–Trinajstić information content (AvgIpc) is 2.66. The standard InChI is InChI=1S/C19H21NO7S/c1-12(18(21)13-5-7-14(8-6-13)20-28(4,23)24)27-19(22)16-10-9-15(25-2)11-17(16)26-3/h5-12,20H,1-4H3/t12-/m0/s1. The second-order valence-electron chi connectivity index (χ2n) is 5.93. The van der Waals surface area contributed by atoms with Crippen LogP contribution >= 0.6 is 0 Å². The van der Waals surface area contributed by atoms with Gasteiger partial charge in [0, 0.05) is 17.3 Å². The number of benzene rings is 2. The van der Waals surface area contributed by atoms with Crippen LogP contribution in [0.25, 0.3) is 0 Å². The second kappa shape index (κ2) is 8.75. The fourth-order valence-corrected chi connectivity index (χ4v) is 2.96. The molecule has 0 saturated heterocycles. The minimum Gasteiger partial charge on any atom is -0.497 e. The minimum atomic E-state index is -3.41. The summed E-state index contributed by atoms with van der Waals surface area (Å²) in [5.74, 6) is -0.358. The van der Waals surface area contributed by atoms with Gasteiger partial charge in [-0.1, -0.05) is 0 Å². The van der Waals surface area contributed by atoms with Gasteiger partial charge < -0.3 is 14.2 Å². The third-order valence-corrected chi connectivity index (χ3v) is 4.36. The number of esters is 1. The SMILES string of the molecule is COc1ccc(C(=O)O[C@@H](C)C(=O)c2ccc(NS(C)(=O)=O)cc2)c(OC)c1. The van der Waals surface area contributed by atoms with Crippen molar-refractivity contribution >= 4 is 27.5 Å². The van der Waals surface area contributed by atoms with Crippen molar-refractivity contribution < 1.29 is 32.2 Å². The molecule has 0 fully saturated rings. The van der Waals surface area contributed by atoms with E-state index in [1.807, 2.05) is 0 Å². The first-order valence-electron chi connectivity index (χ1n) is 8.19. The molecular formula is C19H21NO7S. The molecule has 0 heterocycles. The van der Waals surface area contributed by atoms with Crippen LogP contribution in [0.1, 0.15) is 27.6 Å². The molecule has 0 spiro atoms. The van der Waals surface area contributed by atoms with Crippen molar-refractivity contribution in [1.82, 2.24) is 0 Å². The van der Waals surface area contributed by atoms with Gasteiger partial charge in [0.15, 0.2) is 6.10 Å². The van der Waals surface area contributed by atoms with E-state index in [1.54, 1.807) is 6.07 Å². The normalized spacial score (nSPS) is 12.0. The molecule has 150 valence electrons. The maximum absolute atomic E-state index is 12.5. The van der Waals surface area contributed by atoms with E-state index < -0.39 is 27.9 Å². The van der Waals surface area contributed by atoms with Crippen molar-refractivity contribution in [2.24, 2.45) is 0 Å². The smallest absolute Gasteiger partial charge is 0.342 e. The molecule has 1 atom stereocenters. The van der Waals surface area contributed by atoms with Gasteiger partial charge in [-0.05, 0) is 43.3 Å². The quantitative estimate of drug-likeness (QED) is 0.529. The van der Waals surface area contributed by atoms with Crippen LogP contribution in [0, 0.1) is 0 Å². The fraction of sp³-hybridized carbons (Fsp3) is 0.263. The highest BCUT2D eigenvalue weighted by molar-refractivity contribution is 7.92. The lowest BCUT2D eigenvalue weighted by Crippen LogP contribution is -2.24. The first-order chi connectivity index (χ1) is 13.1. The van der Waals surface area contributed by atoms with E-state index in [1.165, 1.54) is 57.5 Å². The van der Waals surface area contributed by atoms with E-state index in [4.69, 9.17) is 14.2 Å². The lowest BCUT2D eigenvalue weighted by Gasteiger charge is -2.15. The molecule has 0 aromatic heterocycles. The number of methoxy groups -OCH3 is 2. The van der Waals surface area contributed by atoms with Crippen LogP contribution in [0.3, 0.4) is 0 Å². The maximum Gasteiger partial charge on any atom is 0.342 e. The summed E-state index contributed by atoms with van der Waals surface area (Å²) in [5, 5.41) is 0. The number of ketones is 1. The molecule has 0 amide bonds. The maximum atomic E-state index is 12.5. The topological polar surface area (TPSA) is 108 Å². The lowest BCUT2D eigenvalue weighted by molar-refractivity contribution is 0.0316. The summed E-state index contributed by atoms with van der Waals surface area (Å²) in [6.45, 7) is 1.46. The predicted octanol–water partition coefficient (Wildman–Crippen LogP) is 2.50. The van der Waals surface area contributed by atoms with Crippen LogP contribution < -0.4 is 14.2 Å². The Morgan fingerprint density at radius 2 is 1.64 bits per heavy atom. The Hall–Kier alpha value is -3.07. The van der Waals surface area contributed by atoms with Crippen LogP contribution in [0.2, 0.25) is 0 Å². The molecular weight excluding hydrogens is 386 g/mol. The first kappa shape index (κ1) is 21.2. The van der Waals surface area contributed by atoms with E-state index in [2.05, 4.69) is 4.72 Å². The molecule has 0 saturated carbocycles. The number of nitrogens with one attached hydrogen (secondary N) is 1. The Morgan fingerprint density at radius 1 is 1.00 bits per heavy atom. The van der Waals surface area contributed by atoms with Crippen LogP contribution in [-0.2, 0) is 14.8 Å². The molecule has 0 bridgehead atoms. The number of hydrogen-bond acceptors (Lipinski definition) is 7. The third kappa shape index (κ3) is 5.46. The molecule has 0 aliphatic heterocycles. The van der Waals surface area contributed by atoms with Crippen LogP contribution in [-0.4, -0.2) is 46.7 Å². The van der Waals surface area contributed by atoms with Gasteiger partial charge >= 0.3 is 5.97 Å². The van der Waals surface area contributed by atoms with Crippen molar-refractivity contribution in [3.63, 3.8) is 0 Å². The highest BCUT2D eigenvalue weighted by atomic mass is 32.2. The minimum absolute atomic E-state index is 0.163. The number of hydrogen-bond donors (Lipinski definition) is 1. The largest absolute Gasteiger partial charge is 0.497 e. The van der Waals surface area contributed by atoms with Gasteiger partial charge in [-0.15, -0.1) is 0 Å². The Labute approximate surface area is 163 Å². The summed E-state index contributed by atoms with van der Waals surface area (Å²) in [7, 11) is -0.511. The highest BCUT2D eigenvalue weighted by Crippen LogP contribution is 2.25. The molecule has 2 aromatic carbocycles. The molecule has 2 aromatic rings. The Balaban J connectivity index is 2.10. The molecule has 2 rings (SSSR count). The van der Waals surface area contributed by atoms with E-state index in [0.717, 1.165) is 6.26 Å². The molecule has 0 aliphatic rings. The third-order valence-electron chi connectivity index (χ3n) is 3.75. The molecule has 0 radical (unpaired) electrons. The number of ether oxygens (including phenoxy) is 3. The van der Waals surface area contributed by atoms with Crippen molar-refractivity contribution in [2.75, 3.05) is 25.2 Å². The number of carbonyl (C=O) groups excluding carboxylic acids is 2. The van der Waals surface area contributed by atoms with E-state index in [-0.39, 0.29) is 16.9 Å². The molecule has 8 nitrogen and oxygen atoms in total. The van der Waals surface area contributed by atoms with Crippen LogP contribution in [0.15, 0.2) is 42.5 Å². The Kier molecular flexibility index (Phi) is 6.63. The van der Waals surface area contributed by atoms with Crippen molar-refractivity contribution in [3.05, 3.63) is 53.6 Å². The van der Waals surface area contributed by atoms with Gasteiger partial charge in [-0.3, -0.25) is 9.52 Å². The molecule has 9 heteroatoms. The van der Waals surface area contributed by atoms with Gasteiger partial charge in [0.25, 0.3) is 0 Å². The zero-order valence-electron chi connectivity index (χ0n) is 15.9. The van der Waals surface area contributed by atoms with Crippen molar-refractivity contribution in [3.8, 4) is 11.5 Å². The zero-order valence-corrected chi connectivity index (χ0v) is 16.7. The fourth-order valence-electron chi connectivity index (χ4n) is 2.40. The van der Waals surface area contributed by atoms with Gasteiger partial charge in [0.2, 0.25) is 15.8 Å². The molecule has 28 heavy (non-hydrogen) atoms. The second-order valence-corrected chi connectivity index (χ2v) is 7.68. The Bertz CT molecular complexity index is 968. The Morgan fingerprint density at radius 3 is 2.18 bits per heavy atom. The first-order valence-corrected chi connectivity index (χ1v) is 10.1. The van der Waals surface area contributed by atoms with Crippen molar-refractivity contribution in [1.29, 1.82) is 0 Å². The van der Waals surface area contributed by atoms with E-state index >= 15 is 0 Å².